The molecule has 3 rings (SSSR count). The quantitative estimate of drug-likeness (QED) is 0.939. The van der Waals surface area contributed by atoms with E-state index in [2.05, 4.69) is 16.9 Å². The molecule has 23 heavy (non-hydrogen) atoms. The van der Waals surface area contributed by atoms with Crippen LogP contribution in [0.3, 0.4) is 0 Å². The van der Waals surface area contributed by atoms with Gasteiger partial charge in [-0.2, -0.15) is 0 Å². The SMILES string of the molecule is CNS(=O)(=O)c1ccc2c(c1)OC(C)(C)C[C@H]2c1ccccc1. The molecule has 1 aliphatic heterocycles. The maximum absolute atomic E-state index is 12.0. The number of hydrogen-bond donors (Lipinski definition) is 1. The van der Waals surface area contributed by atoms with Crippen LogP contribution in [0.2, 0.25) is 0 Å². The topological polar surface area (TPSA) is 55.4 Å². The number of hydrogen-bond acceptors (Lipinski definition) is 3. The van der Waals surface area contributed by atoms with Gasteiger partial charge < -0.3 is 4.74 Å². The maximum Gasteiger partial charge on any atom is 0.240 e. The summed E-state index contributed by atoms with van der Waals surface area (Å²) in [5.74, 6) is 0.840. The van der Waals surface area contributed by atoms with Crippen LogP contribution in [0.1, 0.15) is 37.3 Å². The summed E-state index contributed by atoms with van der Waals surface area (Å²) >= 11 is 0. The Morgan fingerprint density at radius 3 is 2.48 bits per heavy atom. The molecular weight excluding hydrogens is 310 g/mol. The minimum Gasteiger partial charge on any atom is -0.487 e. The lowest BCUT2D eigenvalue weighted by molar-refractivity contribution is 0.0771. The van der Waals surface area contributed by atoms with Gasteiger partial charge in [0.1, 0.15) is 11.4 Å². The van der Waals surface area contributed by atoms with E-state index in [0.717, 1.165) is 12.0 Å². The second-order valence-corrected chi connectivity index (χ2v) is 8.32. The third-order valence-corrected chi connectivity index (χ3v) is 5.64. The van der Waals surface area contributed by atoms with Gasteiger partial charge in [-0.15, -0.1) is 0 Å². The molecule has 5 heteroatoms. The molecule has 0 saturated carbocycles. The van der Waals surface area contributed by atoms with Crippen LogP contribution in [0.25, 0.3) is 0 Å². The van der Waals surface area contributed by atoms with Crippen molar-refractivity contribution < 1.29 is 13.2 Å². The van der Waals surface area contributed by atoms with E-state index in [1.807, 2.05) is 38.1 Å². The Morgan fingerprint density at radius 1 is 1.13 bits per heavy atom. The van der Waals surface area contributed by atoms with E-state index < -0.39 is 10.0 Å². The first kappa shape index (κ1) is 16.0. The van der Waals surface area contributed by atoms with Crippen LogP contribution in [-0.4, -0.2) is 21.1 Å². The summed E-state index contributed by atoms with van der Waals surface area (Å²) in [5.41, 5.74) is 1.90. The Labute approximate surface area is 137 Å². The number of fused-ring (bicyclic) bond motifs is 1. The second-order valence-electron chi connectivity index (χ2n) is 6.44. The first-order valence-electron chi connectivity index (χ1n) is 7.64. The van der Waals surface area contributed by atoms with E-state index in [4.69, 9.17) is 4.74 Å². The van der Waals surface area contributed by atoms with E-state index in [1.165, 1.54) is 12.6 Å². The van der Waals surface area contributed by atoms with Gasteiger partial charge in [-0.25, -0.2) is 13.1 Å². The second kappa shape index (κ2) is 5.65. The largest absolute Gasteiger partial charge is 0.487 e. The van der Waals surface area contributed by atoms with Gasteiger partial charge in [-0.1, -0.05) is 36.4 Å². The summed E-state index contributed by atoms with van der Waals surface area (Å²) in [6.07, 6.45) is 0.849. The van der Waals surface area contributed by atoms with Gasteiger partial charge in [0.05, 0.1) is 4.90 Å². The standard InChI is InChI=1S/C18H21NO3S/c1-18(2)12-16(13-7-5-4-6-8-13)15-10-9-14(11-17(15)22-18)23(20,21)19-3/h4-11,16,19H,12H2,1-3H3/t16-/m0/s1. The van der Waals surface area contributed by atoms with Crippen molar-refractivity contribution in [2.45, 2.75) is 36.7 Å². The van der Waals surface area contributed by atoms with E-state index in [0.29, 0.717) is 5.75 Å². The lowest BCUT2D eigenvalue weighted by atomic mass is 9.80. The summed E-state index contributed by atoms with van der Waals surface area (Å²) in [6.45, 7) is 4.07. The molecule has 1 atom stereocenters. The van der Waals surface area contributed by atoms with Crippen molar-refractivity contribution >= 4 is 10.0 Å². The Morgan fingerprint density at radius 2 is 1.83 bits per heavy atom. The highest BCUT2D eigenvalue weighted by Crippen LogP contribution is 2.44. The Balaban J connectivity index is 2.12. The van der Waals surface area contributed by atoms with Gasteiger partial charge >= 0.3 is 0 Å². The highest BCUT2D eigenvalue weighted by atomic mass is 32.2. The fourth-order valence-corrected chi connectivity index (χ4v) is 3.84. The summed E-state index contributed by atoms with van der Waals surface area (Å²) in [6, 6.07) is 15.4. The highest BCUT2D eigenvalue weighted by molar-refractivity contribution is 7.89. The zero-order chi connectivity index (χ0) is 16.7. The van der Waals surface area contributed by atoms with Crippen LogP contribution in [0, 0.1) is 0 Å². The molecule has 0 unspecified atom stereocenters. The normalized spacial score (nSPS) is 19.7. The van der Waals surface area contributed by atoms with Crippen molar-refractivity contribution in [1.29, 1.82) is 0 Å². The molecule has 0 bridgehead atoms. The molecule has 2 aromatic carbocycles. The minimum absolute atomic E-state index is 0.196. The molecule has 0 aromatic heterocycles. The zero-order valence-corrected chi connectivity index (χ0v) is 14.4. The van der Waals surface area contributed by atoms with Crippen LogP contribution in [0.5, 0.6) is 5.75 Å². The Bertz CT molecular complexity index is 813. The van der Waals surface area contributed by atoms with E-state index in [9.17, 15) is 8.42 Å². The summed E-state index contributed by atoms with van der Waals surface area (Å²) in [7, 11) is -2.07. The molecule has 0 fully saturated rings. The summed E-state index contributed by atoms with van der Waals surface area (Å²) in [4.78, 5) is 0.225. The molecule has 1 N–H and O–H groups in total. The van der Waals surface area contributed by atoms with Crippen molar-refractivity contribution in [3.05, 3.63) is 59.7 Å². The average Bonchev–Trinajstić information content (AvgIpc) is 2.53. The molecule has 1 heterocycles. The van der Waals surface area contributed by atoms with Crippen LogP contribution >= 0.6 is 0 Å². The van der Waals surface area contributed by atoms with Gasteiger partial charge in [0.2, 0.25) is 10.0 Å². The van der Waals surface area contributed by atoms with E-state index in [-0.39, 0.29) is 16.4 Å². The number of sulfonamides is 1. The first-order valence-corrected chi connectivity index (χ1v) is 9.12. The third-order valence-electron chi connectivity index (χ3n) is 4.22. The monoisotopic (exact) mass is 331 g/mol. The predicted molar refractivity (Wildman–Crippen MR) is 90.3 cm³/mol. The summed E-state index contributed by atoms with van der Waals surface area (Å²) < 4.78 is 32.5. The fourth-order valence-electron chi connectivity index (χ4n) is 3.10. The molecule has 4 nitrogen and oxygen atoms in total. The van der Waals surface area contributed by atoms with Crippen molar-refractivity contribution in [2.24, 2.45) is 0 Å². The molecule has 0 aliphatic carbocycles. The van der Waals surface area contributed by atoms with Crippen LogP contribution in [-0.2, 0) is 10.0 Å². The highest BCUT2D eigenvalue weighted by Gasteiger charge is 2.35. The van der Waals surface area contributed by atoms with Gasteiger partial charge in [-0.3, -0.25) is 0 Å². The maximum atomic E-state index is 12.0. The number of benzene rings is 2. The molecule has 0 amide bonds. The average molecular weight is 331 g/mol. The van der Waals surface area contributed by atoms with Crippen molar-refractivity contribution in [3.8, 4) is 5.75 Å². The van der Waals surface area contributed by atoms with Gasteiger partial charge in [0.25, 0.3) is 0 Å². The lowest BCUT2D eigenvalue weighted by Crippen LogP contribution is -2.35. The smallest absolute Gasteiger partial charge is 0.240 e. The molecule has 122 valence electrons. The molecular formula is C18H21NO3S. The first-order chi connectivity index (χ1) is 10.8. The molecule has 0 radical (unpaired) electrons. The number of nitrogens with one attached hydrogen (secondary N) is 1. The zero-order valence-electron chi connectivity index (χ0n) is 13.5. The van der Waals surface area contributed by atoms with Crippen molar-refractivity contribution in [3.63, 3.8) is 0 Å². The van der Waals surface area contributed by atoms with Gasteiger partial charge in [0.15, 0.2) is 0 Å². The molecule has 2 aromatic rings. The lowest BCUT2D eigenvalue weighted by Gasteiger charge is -2.38. The van der Waals surface area contributed by atoms with Gasteiger partial charge in [-0.05, 0) is 38.9 Å². The van der Waals surface area contributed by atoms with E-state index >= 15 is 0 Å². The Kier molecular flexibility index (Phi) is 3.94. The van der Waals surface area contributed by atoms with Crippen molar-refractivity contribution in [2.75, 3.05) is 7.05 Å². The predicted octanol–water partition coefficient (Wildman–Crippen LogP) is 3.29. The van der Waals surface area contributed by atoms with Crippen LogP contribution in [0.15, 0.2) is 53.4 Å². The molecule has 0 spiro atoms. The van der Waals surface area contributed by atoms with Crippen LogP contribution < -0.4 is 9.46 Å². The van der Waals surface area contributed by atoms with Crippen LogP contribution in [0.4, 0.5) is 0 Å². The number of ether oxygens (including phenoxy) is 1. The van der Waals surface area contributed by atoms with Crippen molar-refractivity contribution in [1.82, 2.24) is 4.72 Å². The molecule has 0 saturated heterocycles. The molecule has 1 aliphatic rings. The van der Waals surface area contributed by atoms with Gasteiger partial charge in [0, 0.05) is 17.5 Å². The fraction of sp³-hybridized carbons (Fsp3) is 0.333. The van der Waals surface area contributed by atoms with E-state index in [1.54, 1.807) is 12.1 Å². The Hall–Kier alpha value is -1.85. The minimum atomic E-state index is -3.48. The summed E-state index contributed by atoms with van der Waals surface area (Å²) in [5, 5.41) is 0. The third kappa shape index (κ3) is 3.12. The number of rotatable bonds is 3.